The van der Waals surface area contributed by atoms with Crippen LogP contribution in [0.5, 0.6) is 0 Å². The van der Waals surface area contributed by atoms with Crippen molar-refractivity contribution >= 4 is 11.9 Å². The van der Waals surface area contributed by atoms with E-state index in [2.05, 4.69) is 0 Å². The lowest BCUT2D eigenvalue weighted by molar-refractivity contribution is -0.142. The van der Waals surface area contributed by atoms with Crippen molar-refractivity contribution in [1.82, 2.24) is 4.90 Å². The lowest BCUT2D eigenvalue weighted by atomic mass is 10.1. The molecule has 2 fully saturated rings. The summed E-state index contributed by atoms with van der Waals surface area (Å²) in [7, 11) is 0. The van der Waals surface area contributed by atoms with Gasteiger partial charge in [-0.3, -0.25) is 9.59 Å². The molecule has 1 N–H and O–H groups in total. The molecule has 4 heteroatoms. The van der Waals surface area contributed by atoms with Crippen molar-refractivity contribution < 1.29 is 14.7 Å². The van der Waals surface area contributed by atoms with Crippen LogP contribution in [0.4, 0.5) is 0 Å². The predicted octanol–water partition coefficient (Wildman–Crippen LogP) is 1.64. The second-order valence-electron chi connectivity index (χ2n) is 4.90. The standard InChI is InChI=1S/C12H19NO3/c14-11-4-2-1-3-7-13(11)10-6-5-9(8-10)12(15)16/h9-10H,1-8H2,(H,15,16)/t9-,10+/m1/s1. The van der Waals surface area contributed by atoms with Crippen LogP contribution in [0.15, 0.2) is 0 Å². The zero-order chi connectivity index (χ0) is 11.5. The molecular formula is C12H19NO3. The average Bonchev–Trinajstić information content (AvgIpc) is 2.63. The number of carbonyl (C=O) groups excluding carboxylic acids is 1. The molecule has 0 bridgehead atoms. The van der Waals surface area contributed by atoms with Gasteiger partial charge in [-0.2, -0.15) is 0 Å². The van der Waals surface area contributed by atoms with Gasteiger partial charge in [-0.25, -0.2) is 0 Å². The van der Waals surface area contributed by atoms with Crippen molar-refractivity contribution in [3.8, 4) is 0 Å². The van der Waals surface area contributed by atoms with Crippen LogP contribution in [0.1, 0.15) is 44.9 Å². The fourth-order valence-corrected chi connectivity index (χ4v) is 2.85. The number of carboxylic acids is 1. The number of hydrogen-bond acceptors (Lipinski definition) is 2. The molecule has 1 amide bonds. The molecule has 0 aromatic carbocycles. The minimum Gasteiger partial charge on any atom is -0.481 e. The topological polar surface area (TPSA) is 57.6 Å². The van der Waals surface area contributed by atoms with E-state index in [1.54, 1.807) is 0 Å². The molecule has 1 heterocycles. The molecule has 1 aliphatic heterocycles. The van der Waals surface area contributed by atoms with Gasteiger partial charge in [0.15, 0.2) is 0 Å². The molecular weight excluding hydrogens is 206 g/mol. The number of carbonyl (C=O) groups is 2. The lowest BCUT2D eigenvalue weighted by Crippen LogP contribution is -2.38. The summed E-state index contributed by atoms with van der Waals surface area (Å²) in [5.74, 6) is -0.709. The second-order valence-corrected chi connectivity index (χ2v) is 4.90. The molecule has 90 valence electrons. The Kier molecular flexibility index (Phi) is 3.46. The van der Waals surface area contributed by atoms with Crippen molar-refractivity contribution in [3.05, 3.63) is 0 Å². The van der Waals surface area contributed by atoms with E-state index in [4.69, 9.17) is 5.11 Å². The zero-order valence-corrected chi connectivity index (χ0v) is 9.52. The first-order valence-corrected chi connectivity index (χ1v) is 6.21. The van der Waals surface area contributed by atoms with E-state index < -0.39 is 5.97 Å². The van der Waals surface area contributed by atoms with Gasteiger partial charge < -0.3 is 10.0 Å². The Labute approximate surface area is 95.6 Å². The highest BCUT2D eigenvalue weighted by Gasteiger charge is 2.35. The van der Waals surface area contributed by atoms with Crippen molar-refractivity contribution in [3.63, 3.8) is 0 Å². The minimum absolute atomic E-state index is 0.187. The van der Waals surface area contributed by atoms with Crippen molar-refractivity contribution in [2.75, 3.05) is 6.54 Å². The van der Waals surface area contributed by atoms with Gasteiger partial charge in [0, 0.05) is 19.0 Å². The molecule has 1 saturated heterocycles. The van der Waals surface area contributed by atoms with Gasteiger partial charge in [0.2, 0.25) is 5.91 Å². The number of likely N-dealkylation sites (tertiary alicyclic amines) is 1. The first-order valence-electron chi connectivity index (χ1n) is 6.21. The van der Waals surface area contributed by atoms with E-state index in [0.29, 0.717) is 12.8 Å². The third-order valence-electron chi connectivity index (χ3n) is 3.80. The molecule has 0 spiro atoms. The highest BCUT2D eigenvalue weighted by atomic mass is 16.4. The molecule has 0 unspecified atom stereocenters. The maximum Gasteiger partial charge on any atom is 0.306 e. The van der Waals surface area contributed by atoms with Gasteiger partial charge in [0.25, 0.3) is 0 Å². The molecule has 2 rings (SSSR count). The monoisotopic (exact) mass is 225 g/mol. The fraction of sp³-hybridized carbons (Fsp3) is 0.833. The molecule has 0 aromatic heterocycles. The molecule has 0 aromatic rings. The van der Waals surface area contributed by atoms with Crippen LogP contribution in [0.3, 0.4) is 0 Å². The van der Waals surface area contributed by atoms with Crippen LogP contribution in [-0.2, 0) is 9.59 Å². The Balaban J connectivity index is 1.96. The van der Waals surface area contributed by atoms with Crippen molar-refractivity contribution in [2.24, 2.45) is 5.92 Å². The first-order chi connectivity index (χ1) is 7.68. The lowest BCUT2D eigenvalue weighted by Gasteiger charge is -2.27. The van der Waals surface area contributed by atoms with E-state index in [0.717, 1.165) is 38.6 Å². The molecule has 2 atom stereocenters. The van der Waals surface area contributed by atoms with Crippen molar-refractivity contribution in [2.45, 2.75) is 51.0 Å². The quantitative estimate of drug-likeness (QED) is 0.777. The van der Waals surface area contributed by atoms with E-state index >= 15 is 0 Å². The van der Waals surface area contributed by atoms with Gasteiger partial charge in [-0.1, -0.05) is 6.42 Å². The molecule has 1 aliphatic carbocycles. The SMILES string of the molecule is O=C(O)[C@@H]1CC[C@H](N2CCCCCC2=O)C1. The second kappa shape index (κ2) is 4.85. The number of rotatable bonds is 2. The van der Waals surface area contributed by atoms with E-state index in [-0.39, 0.29) is 17.9 Å². The largest absolute Gasteiger partial charge is 0.481 e. The van der Waals surface area contributed by atoms with Gasteiger partial charge >= 0.3 is 5.97 Å². The number of carboxylic acid groups (broad SMARTS) is 1. The summed E-state index contributed by atoms with van der Waals surface area (Å²) in [6.07, 6.45) is 6.07. The average molecular weight is 225 g/mol. The summed E-state index contributed by atoms with van der Waals surface area (Å²) < 4.78 is 0. The molecule has 2 aliphatic rings. The van der Waals surface area contributed by atoms with E-state index in [9.17, 15) is 9.59 Å². The van der Waals surface area contributed by atoms with E-state index in [1.165, 1.54) is 0 Å². The van der Waals surface area contributed by atoms with Crippen molar-refractivity contribution in [1.29, 1.82) is 0 Å². The Morgan fingerprint density at radius 1 is 1.25 bits per heavy atom. The summed E-state index contributed by atoms with van der Waals surface area (Å²) in [4.78, 5) is 24.7. The Morgan fingerprint density at radius 2 is 2.06 bits per heavy atom. The third kappa shape index (κ3) is 2.36. The summed E-state index contributed by atoms with van der Waals surface area (Å²) >= 11 is 0. The summed E-state index contributed by atoms with van der Waals surface area (Å²) in [5, 5.41) is 8.95. The maximum atomic E-state index is 11.9. The van der Waals surface area contributed by atoms with Crippen LogP contribution in [0.25, 0.3) is 0 Å². The van der Waals surface area contributed by atoms with Crippen LogP contribution in [0, 0.1) is 5.92 Å². The normalized spacial score (nSPS) is 31.5. The summed E-state index contributed by atoms with van der Waals surface area (Å²) in [6, 6.07) is 0.187. The minimum atomic E-state index is -0.704. The number of aliphatic carboxylic acids is 1. The van der Waals surface area contributed by atoms with Crippen LogP contribution in [0.2, 0.25) is 0 Å². The molecule has 4 nitrogen and oxygen atoms in total. The summed E-state index contributed by atoms with van der Waals surface area (Å²) in [5.41, 5.74) is 0. The number of amides is 1. The molecule has 1 saturated carbocycles. The highest BCUT2D eigenvalue weighted by Crippen LogP contribution is 2.31. The van der Waals surface area contributed by atoms with Gasteiger partial charge in [-0.15, -0.1) is 0 Å². The van der Waals surface area contributed by atoms with E-state index in [1.807, 2.05) is 4.90 Å². The Morgan fingerprint density at radius 3 is 2.75 bits per heavy atom. The zero-order valence-electron chi connectivity index (χ0n) is 9.52. The van der Waals surface area contributed by atoms with Gasteiger partial charge in [0.1, 0.15) is 0 Å². The van der Waals surface area contributed by atoms with Gasteiger partial charge in [0.05, 0.1) is 5.92 Å². The maximum absolute atomic E-state index is 11.9. The number of nitrogens with zero attached hydrogens (tertiary/aromatic N) is 1. The molecule has 16 heavy (non-hydrogen) atoms. The predicted molar refractivity (Wildman–Crippen MR) is 58.9 cm³/mol. The van der Waals surface area contributed by atoms with Gasteiger partial charge in [-0.05, 0) is 32.1 Å². The highest BCUT2D eigenvalue weighted by molar-refractivity contribution is 5.77. The van der Waals surface area contributed by atoms with Crippen LogP contribution >= 0.6 is 0 Å². The first kappa shape index (κ1) is 11.4. The Bertz CT molecular complexity index is 290. The fourth-order valence-electron chi connectivity index (χ4n) is 2.85. The van der Waals surface area contributed by atoms with Crippen LogP contribution in [-0.4, -0.2) is 34.5 Å². The summed E-state index contributed by atoms with van der Waals surface area (Å²) in [6.45, 7) is 0.829. The van der Waals surface area contributed by atoms with Crippen LogP contribution < -0.4 is 0 Å². The Hall–Kier alpha value is -1.06. The molecule has 0 radical (unpaired) electrons. The smallest absolute Gasteiger partial charge is 0.306 e. The third-order valence-corrected chi connectivity index (χ3v) is 3.80. The number of hydrogen-bond donors (Lipinski definition) is 1.